The van der Waals surface area contributed by atoms with Gasteiger partial charge in [-0.2, -0.15) is 0 Å². The lowest BCUT2D eigenvalue weighted by atomic mass is 9.78. The Hall–Kier alpha value is -2.71. The van der Waals surface area contributed by atoms with Gasteiger partial charge in [-0.1, -0.05) is 0 Å². The number of pyridine rings is 1. The van der Waals surface area contributed by atoms with Gasteiger partial charge in [-0.3, -0.25) is 4.79 Å². The number of benzene rings is 1. The molecule has 8 heteroatoms. The topological polar surface area (TPSA) is 75.1 Å². The summed E-state index contributed by atoms with van der Waals surface area (Å²) < 4.78 is 24.4. The van der Waals surface area contributed by atoms with E-state index in [2.05, 4.69) is 9.88 Å². The summed E-state index contributed by atoms with van der Waals surface area (Å²) >= 11 is 0. The van der Waals surface area contributed by atoms with Crippen LogP contribution in [-0.2, 0) is 4.74 Å². The molecule has 7 nitrogen and oxygen atoms in total. The number of halogens is 1. The van der Waals surface area contributed by atoms with E-state index < -0.39 is 6.10 Å². The number of aliphatic hydroxyl groups is 1. The number of aromatic nitrogens is 1. The standard InChI is InChI=1S/C24H28FN3O4/c25-19-2-4-20(5-3-19)32-22-12-18-15-28(14-17(18)11-21(22)29)23-6-1-16(13-26-23)24(30)27-7-9-31-10-8-27/h1-6,13,17-18,21-22,29H,7-12,14-15H2/t17-,18+,21+,22+/m0/s1. The van der Waals surface area contributed by atoms with E-state index in [9.17, 15) is 14.3 Å². The maximum atomic E-state index is 13.1. The molecule has 170 valence electrons. The van der Waals surface area contributed by atoms with Crippen LogP contribution in [0.2, 0.25) is 0 Å². The molecule has 0 bridgehead atoms. The van der Waals surface area contributed by atoms with Crippen LogP contribution >= 0.6 is 0 Å². The van der Waals surface area contributed by atoms with E-state index in [1.807, 2.05) is 12.1 Å². The van der Waals surface area contributed by atoms with Crippen molar-refractivity contribution in [3.8, 4) is 5.75 Å². The number of ether oxygens (including phenoxy) is 2. The molecule has 3 fully saturated rings. The summed E-state index contributed by atoms with van der Waals surface area (Å²) in [6.45, 7) is 4.04. The first kappa shape index (κ1) is 21.2. The third kappa shape index (κ3) is 4.42. The molecular weight excluding hydrogens is 413 g/mol. The molecule has 1 aromatic carbocycles. The number of anilines is 1. The van der Waals surface area contributed by atoms with Gasteiger partial charge in [0.25, 0.3) is 5.91 Å². The number of fused-ring (bicyclic) bond motifs is 1. The quantitative estimate of drug-likeness (QED) is 0.785. The number of hydrogen-bond donors (Lipinski definition) is 1. The van der Waals surface area contributed by atoms with Crippen LogP contribution in [0.5, 0.6) is 5.75 Å². The van der Waals surface area contributed by atoms with Crippen molar-refractivity contribution in [2.45, 2.75) is 25.0 Å². The predicted octanol–water partition coefficient (Wildman–Crippen LogP) is 2.35. The second-order valence-electron chi connectivity index (χ2n) is 8.88. The molecule has 3 aliphatic rings. The minimum Gasteiger partial charge on any atom is -0.488 e. The zero-order valence-corrected chi connectivity index (χ0v) is 17.9. The highest BCUT2D eigenvalue weighted by atomic mass is 19.1. The lowest BCUT2D eigenvalue weighted by molar-refractivity contribution is -0.0231. The molecule has 2 saturated heterocycles. The van der Waals surface area contributed by atoms with Crippen LogP contribution in [0.1, 0.15) is 23.2 Å². The molecule has 2 aliphatic heterocycles. The normalized spacial score (nSPS) is 27.8. The highest BCUT2D eigenvalue weighted by molar-refractivity contribution is 5.94. The molecule has 1 N–H and O–H groups in total. The molecular formula is C24H28FN3O4. The van der Waals surface area contributed by atoms with E-state index in [4.69, 9.17) is 9.47 Å². The van der Waals surface area contributed by atoms with Gasteiger partial charge in [-0.05, 0) is 61.1 Å². The van der Waals surface area contributed by atoms with Gasteiger partial charge in [0.05, 0.1) is 24.9 Å². The summed E-state index contributed by atoms with van der Waals surface area (Å²) in [6.07, 6.45) is 2.21. The highest BCUT2D eigenvalue weighted by Crippen LogP contribution is 2.39. The van der Waals surface area contributed by atoms with Crippen molar-refractivity contribution in [2.75, 3.05) is 44.3 Å². The highest BCUT2D eigenvalue weighted by Gasteiger charge is 2.43. The Morgan fingerprint density at radius 3 is 2.47 bits per heavy atom. The number of aliphatic hydroxyl groups excluding tert-OH is 1. The van der Waals surface area contributed by atoms with Crippen LogP contribution < -0.4 is 9.64 Å². The first-order valence-corrected chi connectivity index (χ1v) is 11.2. The van der Waals surface area contributed by atoms with E-state index in [0.29, 0.717) is 55.9 Å². The lowest BCUT2D eigenvalue weighted by Crippen LogP contribution is -2.42. The Bertz CT molecular complexity index is 933. The van der Waals surface area contributed by atoms with Gasteiger partial charge in [0, 0.05) is 32.4 Å². The number of carbonyl (C=O) groups is 1. The Morgan fingerprint density at radius 2 is 1.78 bits per heavy atom. The average Bonchev–Trinajstić information content (AvgIpc) is 3.23. The smallest absolute Gasteiger partial charge is 0.255 e. The minimum absolute atomic E-state index is 0.00801. The Kier molecular flexibility index (Phi) is 5.97. The Morgan fingerprint density at radius 1 is 1.06 bits per heavy atom. The van der Waals surface area contributed by atoms with E-state index in [-0.39, 0.29) is 17.8 Å². The Balaban J connectivity index is 1.21. The van der Waals surface area contributed by atoms with Crippen LogP contribution in [0.3, 0.4) is 0 Å². The van der Waals surface area contributed by atoms with Gasteiger partial charge in [0.2, 0.25) is 0 Å². The van der Waals surface area contributed by atoms with Crippen LogP contribution in [0.25, 0.3) is 0 Å². The van der Waals surface area contributed by atoms with E-state index in [1.54, 1.807) is 23.2 Å². The largest absolute Gasteiger partial charge is 0.488 e. The zero-order valence-electron chi connectivity index (χ0n) is 17.9. The van der Waals surface area contributed by atoms with Gasteiger partial charge in [-0.15, -0.1) is 0 Å². The zero-order chi connectivity index (χ0) is 22.1. The van der Waals surface area contributed by atoms with Crippen molar-refractivity contribution >= 4 is 11.7 Å². The van der Waals surface area contributed by atoms with Crippen molar-refractivity contribution in [1.82, 2.24) is 9.88 Å². The number of rotatable bonds is 4. The van der Waals surface area contributed by atoms with Gasteiger partial charge in [0.15, 0.2) is 0 Å². The number of nitrogens with zero attached hydrogens (tertiary/aromatic N) is 3. The molecule has 1 aromatic heterocycles. The summed E-state index contributed by atoms with van der Waals surface area (Å²) in [4.78, 5) is 21.2. The Labute approximate surface area is 186 Å². The summed E-state index contributed by atoms with van der Waals surface area (Å²) in [5.41, 5.74) is 0.593. The molecule has 32 heavy (non-hydrogen) atoms. The van der Waals surface area contributed by atoms with E-state index in [1.165, 1.54) is 12.1 Å². The summed E-state index contributed by atoms with van der Waals surface area (Å²) in [6, 6.07) is 9.68. The summed E-state index contributed by atoms with van der Waals surface area (Å²) in [7, 11) is 0. The van der Waals surface area contributed by atoms with Crippen LogP contribution in [-0.4, -0.2) is 72.5 Å². The lowest BCUT2D eigenvalue weighted by Gasteiger charge is -2.35. The number of amides is 1. The minimum atomic E-state index is -0.553. The van der Waals surface area contributed by atoms with Gasteiger partial charge < -0.3 is 24.4 Å². The molecule has 0 unspecified atom stereocenters. The molecule has 5 rings (SSSR count). The number of morpholine rings is 1. The van der Waals surface area contributed by atoms with E-state index >= 15 is 0 Å². The third-order valence-corrected chi connectivity index (χ3v) is 6.80. The number of hydrogen-bond acceptors (Lipinski definition) is 6. The first-order valence-electron chi connectivity index (χ1n) is 11.2. The SMILES string of the molecule is O=C(c1ccc(N2C[C@H]3C[C@@H](Oc4ccc(F)cc4)[C@H](O)C[C@H]3C2)nc1)N1CCOCC1. The van der Waals surface area contributed by atoms with Gasteiger partial charge in [0.1, 0.15) is 23.5 Å². The predicted molar refractivity (Wildman–Crippen MR) is 116 cm³/mol. The maximum Gasteiger partial charge on any atom is 0.255 e. The van der Waals surface area contributed by atoms with Crippen molar-refractivity contribution in [2.24, 2.45) is 11.8 Å². The second-order valence-corrected chi connectivity index (χ2v) is 8.88. The van der Waals surface area contributed by atoms with Gasteiger partial charge in [-0.25, -0.2) is 9.37 Å². The molecule has 2 aromatic rings. The average molecular weight is 442 g/mol. The summed E-state index contributed by atoms with van der Waals surface area (Å²) in [5, 5.41) is 10.6. The molecule has 0 spiro atoms. The fourth-order valence-corrected chi connectivity index (χ4v) is 5.04. The summed E-state index contributed by atoms with van der Waals surface area (Å²) in [5.74, 6) is 1.87. The molecule has 1 amide bonds. The molecule has 0 radical (unpaired) electrons. The van der Waals surface area contributed by atoms with Crippen molar-refractivity contribution in [1.29, 1.82) is 0 Å². The molecule has 1 aliphatic carbocycles. The molecule has 1 saturated carbocycles. The van der Waals surface area contributed by atoms with E-state index in [0.717, 1.165) is 25.3 Å². The van der Waals surface area contributed by atoms with Crippen LogP contribution in [0.15, 0.2) is 42.6 Å². The monoisotopic (exact) mass is 441 g/mol. The van der Waals surface area contributed by atoms with Crippen molar-refractivity contribution < 1.29 is 23.8 Å². The molecule has 3 heterocycles. The van der Waals surface area contributed by atoms with Gasteiger partial charge >= 0.3 is 0 Å². The molecule has 4 atom stereocenters. The van der Waals surface area contributed by atoms with Crippen molar-refractivity contribution in [3.63, 3.8) is 0 Å². The fourth-order valence-electron chi connectivity index (χ4n) is 5.04. The fraction of sp³-hybridized carbons (Fsp3) is 0.500. The van der Waals surface area contributed by atoms with Crippen LogP contribution in [0, 0.1) is 17.7 Å². The maximum absolute atomic E-state index is 13.1. The second kappa shape index (κ2) is 9.03. The number of carbonyl (C=O) groups excluding carboxylic acids is 1. The van der Waals surface area contributed by atoms with Crippen molar-refractivity contribution in [3.05, 3.63) is 54.0 Å². The third-order valence-electron chi connectivity index (χ3n) is 6.80. The van der Waals surface area contributed by atoms with Crippen LogP contribution in [0.4, 0.5) is 10.2 Å². The first-order chi connectivity index (χ1) is 15.6.